The number of aromatic nitrogens is 1. The second-order valence-electron chi connectivity index (χ2n) is 4.90. The van der Waals surface area contributed by atoms with Gasteiger partial charge in [-0.1, -0.05) is 24.6 Å². The van der Waals surface area contributed by atoms with Crippen LogP contribution in [0.2, 0.25) is 5.02 Å². The van der Waals surface area contributed by atoms with Crippen LogP contribution in [0.3, 0.4) is 0 Å². The second-order valence-corrected chi connectivity index (χ2v) is 5.31. The van der Waals surface area contributed by atoms with E-state index in [9.17, 15) is 0 Å². The number of halogens is 1. The minimum atomic E-state index is 0.560. The molecular formula is C15H17ClN2. The van der Waals surface area contributed by atoms with Crippen molar-refractivity contribution in [2.45, 2.75) is 31.7 Å². The number of pyridine rings is 1. The van der Waals surface area contributed by atoms with Crippen LogP contribution in [0.15, 0.2) is 30.5 Å². The largest absolute Gasteiger partial charge is 0.313 e. The lowest BCUT2D eigenvalue weighted by Gasteiger charge is -2.19. The Bertz CT molecular complexity index is 567. The first-order valence-electron chi connectivity index (χ1n) is 6.57. The van der Waals surface area contributed by atoms with E-state index in [4.69, 9.17) is 11.6 Å². The van der Waals surface area contributed by atoms with Crippen molar-refractivity contribution in [3.05, 3.63) is 41.0 Å². The van der Waals surface area contributed by atoms with Gasteiger partial charge in [0, 0.05) is 28.6 Å². The van der Waals surface area contributed by atoms with Crippen LogP contribution in [-0.4, -0.2) is 17.6 Å². The van der Waals surface area contributed by atoms with Crippen LogP contribution in [0.1, 0.15) is 31.2 Å². The molecule has 18 heavy (non-hydrogen) atoms. The molecule has 2 heterocycles. The summed E-state index contributed by atoms with van der Waals surface area (Å²) in [6.45, 7) is 3.33. The Morgan fingerprint density at radius 3 is 3.11 bits per heavy atom. The Kier molecular flexibility index (Phi) is 3.23. The highest BCUT2D eigenvalue weighted by atomic mass is 35.5. The van der Waals surface area contributed by atoms with Gasteiger partial charge in [0.25, 0.3) is 0 Å². The fraction of sp³-hybridized carbons (Fsp3) is 0.400. The van der Waals surface area contributed by atoms with Crippen LogP contribution in [-0.2, 0) is 0 Å². The summed E-state index contributed by atoms with van der Waals surface area (Å²) >= 11 is 6.25. The van der Waals surface area contributed by atoms with E-state index < -0.39 is 0 Å². The number of nitrogens with one attached hydrogen (secondary N) is 1. The smallest absolute Gasteiger partial charge is 0.0752 e. The van der Waals surface area contributed by atoms with Gasteiger partial charge in [0.1, 0.15) is 0 Å². The zero-order chi connectivity index (χ0) is 12.5. The molecule has 1 aliphatic rings. The molecule has 3 rings (SSSR count). The van der Waals surface area contributed by atoms with Crippen LogP contribution in [0.25, 0.3) is 10.9 Å². The van der Waals surface area contributed by atoms with Crippen LogP contribution in [0.5, 0.6) is 0 Å². The molecule has 0 saturated carbocycles. The first-order chi connectivity index (χ1) is 8.81. The van der Waals surface area contributed by atoms with E-state index in [0.29, 0.717) is 12.0 Å². The van der Waals surface area contributed by atoms with E-state index in [0.717, 1.165) is 28.9 Å². The van der Waals surface area contributed by atoms with Gasteiger partial charge in [-0.15, -0.1) is 0 Å². The molecule has 1 fully saturated rings. The number of benzene rings is 1. The monoisotopic (exact) mass is 260 g/mol. The maximum atomic E-state index is 6.25. The number of rotatable bonds is 2. The van der Waals surface area contributed by atoms with Crippen LogP contribution >= 0.6 is 11.6 Å². The predicted molar refractivity (Wildman–Crippen MR) is 76.2 cm³/mol. The summed E-state index contributed by atoms with van der Waals surface area (Å²) in [5.41, 5.74) is 2.41. The Balaban J connectivity index is 2.15. The van der Waals surface area contributed by atoms with Gasteiger partial charge in [-0.25, -0.2) is 0 Å². The van der Waals surface area contributed by atoms with Crippen LogP contribution in [0.4, 0.5) is 0 Å². The molecule has 1 aromatic heterocycles. The molecule has 1 N–H and O–H groups in total. The molecule has 0 amide bonds. The Hall–Kier alpha value is -1.12. The maximum Gasteiger partial charge on any atom is 0.0752 e. The third-order valence-electron chi connectivity index (χ3n) is 3.93. The number of hydrogen-bond acceptors (Lipinski definition) is 2. The van der Waals surface area contributed by atoms with Crippen molar-refractivity contribution >= 4 is 22.5 Å². The Labute approximate surface area is 112 Å². The first kappa shape index (κ1) is 11.9. The summed E-state index contributed by atoms with van der Waals surface area (Å²) in [4.78, 5) is 4.54. The molecule has 3 heteroatoms. The Morgan fingerprint density at radius 1 is 1.39 bits per heavy atom. The highest BCUT2D eigenvalue weighted by Gasteiger charge is 2.28. The van der Waals surface area contributed by atoms with Gasteiger partial charge in [0.05, 0.1) is 5.52 Å². The summed E-state index contributed by atoms with van der Waals surface area (Å²) in [6, 6.07) is 8.72. The van der Waals surface area contributed by atoms with Gasteiger partial charge >= 0.3 is 0 Å². The van der Waals surface area contributed by atoms with Gasteiger partial charge in [0.15, 0.2) is 0 Å². The minimum absolute atomic E-state index is 0.560. The molecule has 2 unspecified atom stereocenters. The van der Waals surface area contributed by atoms with Crippen molar-refractivity contribution in [2.24, 2.45) is 0 Å². The van der Waals surface area contributed by atoms with Crippen molar-refractivity contribution in [1.82, 2.24) is 10.3 Å². The Morgan fingerprint density at radius 2 is 2.28 bits per heavy atom. The summed E-state index contributed by atoms with van der Waals surface area (Å²) in [6.07, 6.45) is 4.19. The second kappa shape index (κ2) is 4.87. The summed E-state index contributed by atoms with van der Waals surface area (Å²) < 4.78 is 0. The standard InChI is InChI=1S/C15H17ClN2/c1-2-14-10(7-9-17-14)11-5-6-13(16)12-4-3-8-18-15(11)12/h3-6,8,10,14,17H,2,7,9H2,1H3. The quantitative estimate of drug-likeness (QED) is 0.890. The number of nitrogens with zero attached hydrogens (tertiary/aromatic N) is 1. The van der Waals surface area contributed by atoms with E-state index >= 15 is 0 Å². The zero-order valence-corrected chi connectivity index (χ0v) is 11.2. The van der Waals surface area contributed by atoms with E-state index in [1.54, 1.807) is 0 Å². The molecular weight excluding hydrogens is 244 g/mol. The van der Waals surface area contributed by atoms with Gasteiger partial charge in [-0.05, 0) is 43.1 Å². The van der Waals surface area contributed by atoms with E-state index in [2.05, 4.69) is 29.4 Å². The highest BCUT2D eigenvalue weighted by molar-refractivity contribution is 6.35. The third kappa shape index (κ3) is 1.90. The molecule has 2 atom stereocenters. The van der Waals surface area contributed by atoms with Crippen molar-refractivity contribution in [2.75, 3.05) is 6.54 Å². The molecule has 1 aromatic carbocycles. The lowest BCUT2D eigenvalue weighted by molar-refractivity contribution is 0.533. The fourth-order valence-corrected chi connectivity index (χ4v) is 3.24. The molecule has 0 aliphatic carbocycles. The van der Waals surface area contributed by atoms with Crippen molar-refractivity contribution < 1.29 is 0 Å². The van der Waals surface area contributed by atoms with Crippen LogP contribution in [0, 0.1) is 0 Å². The minimum Gasteiger partial charge on any atom is -0.313 e. The van der Waals surface area contributed by atoms with Crippen molar-refractivity contribution in [3.63, 3.8) is 0 Å². The molecule has 94 valence electrons. The molecule has 2 nitrogen and oxygen atoms in total. The van der Waals surface area contributed by atoms with Crippen molar-refractivity contribution in [1.29, 1.82) is 0 Å². The van der Waals surface area contributed by atoms with Crippen LogP contribution < -0.4 is 5.32 Å². The number of fused-ring (bicyclic) bond motifs is 1. The predicted octanol–water partition coefficient (Wildman–Crippen LogP) is 3.74. The maximum absolute atomic E-state index is 6.25. The topological polar surface area (TPSA) is 24.9 Å². The summed E-state index contributed by atoms with van der Waals surface area (Å²) in [5, 5.41) is 5.43. The lowest BCUT2D eigenvalue weighted by atomic mass is 9.89. The molecule has 1 saturated heterocycles. The molecule has 0 radical (unpaired) electrons. The van der Waals surface area contributed by atoms with Gasteiger partial charge in [0.2, 0.25) is 0 Å². The van der Waals surface area contributed by atoms with E-state index in [1.165, 1.54) is 12.0 Å². The zero-order valence-electron chi connectivity index (χ0n) is 10.5. The van der Waals surface area contributed by atoms with Gasteiger partial charge in [-0.2, -0.15) is 0 Å². The average molecular weight is 261 g/mol. The fourth-order valence-electron chi connectivity index (χ4n) is 3.03. The number of hydrogen-bond donors (Lipinski definition) is 1. The van der Waals surface area contributed by atoms with Crippen molar-refractivity contribution in [3.8, 4) is 0 Å². The van der Waals surface area contributed by atoms with Gasteiger partial charge < -0.3 is 5.32 Å². The first-order valence-corrected chi connectivity index (χ1v) is 6.95. The third-order valence-corrected chi connectivity index (χ3v) is 4.26. The SMILES string of the molecule is CCC1NCCC1c1ccc(Cl)c2cccnc12. The average Bonchev–Trinajstić information content (AvgIpc) is 2.88. The highest BCUT2D eigenvalue weighted by Crippen LogP contribution is 2.35. The van der Waals surface area contributed by atoms with E-state index in [1.807, 2.05) is 18.3 Å². The lowest BCUT2D eigenvalue weighted by Crippen LogP contribution is -2.24. The normalized spacial score (nSPS) is 23.7. The molecule has 1 aliphatic heterocycles. The van der Waals surface area contributed by atoms with E-state index in [-0.39, 0.29) is 0 Å². The molecule has 2 aromatic rings. The van der Waals surface area contributed by atoms with Gasteiger partial charge in [-0.3, -0.25) is 4.98 Å². The molecule has 0 spiro atoms. The summed E-state index contributed by atoms with van der Waals surface area (Å²) in [5.74, 6) is 0.560. The summed E-state index contributed by atoms with van der Waals surface area (Å²) in [7, 11) is 0. The molecule has 0 bridgehead atoms.